The van der Waals surface area contributed by atoms with E-state index >= 15 is 0 Å². The standard InChI is InChI=1S/C28H26N.Ir/c1-27(2,3)21-11-13-23-22-12-10-19(14-24(22)28(4,5)25(23)16-21)26-15-18-8-6-7-9-20(18)17-29-26;/h6-9,11-17H,1-5H3;/q-1;. The van der Waals surface area contributed by atoms with E-state index < -0.39 is 0 Å². The summed E-state index contributed by atoms with van der Waals surface area (Å²) in [5, 5.41) is 2.38. The van der Waals surface area contributed by atoms with E-state index in [1.807, 2.05) is 6.20 Å². The molecule has 1 aromatic heterocycles. The molecule has 1 radical (unpaired) electrons. The van der Waals surface area contributed by atoms with Gasteiger partial charge in [-0.15, -0.1) is 29.3 Å². The Labute approximate surface area is 192 Å². The Hall–Kier alpha value is -2.28. The van der Waals surface area contributed by atoms with Gasteiger partial charge in [0.05, 0.1) is 0 Å². The molecule has 5 rings (SSSR count). The van der Waals surface area contributed by atoms with Gasteiger partial charge in [0.25, 0.3) is 0 Å². The van der Waals surface area contributed by atoms with Gasteiger partial charge in [0.1, 0.15) is 0 Å². The normalized spacial score (nSPS) is 14.2. The Morgan fingerprint density at radius 1 is 0.833 bits per heavy atom. The second-order valence-electron chi connectivity index (χ2n) is 9.73. The summed E-state index contributed by atoms with van der Waals surface area (Å²) in [6, 6.07) is 25.5. The molecule has 4 aromatic rings. The van der Waals surface area contributed by atoms with Gasteiger partial charge in [0.15, 0.2) is 0 Å². The van der Waals surface area contributed by atoms with Crippen LogP contribution in [0, 0.1) is 6.07 Å². The van der Waals surface area contributed by atoms with Gasteiger partial charge in [-0.25, -0.2) is 0 Å². The summed E-state index contributed by atoms with van der Waals surface area (Å²) in [5.74, 6) is 0. The van der Waals surface area contributed by atoms with Crippen LogP contribution in [0.25, 0.3) is 33.2 Å². The minimum absolute atomic E-state index is 0. The average molecular weight is 569 g/mol. The zero-order chi connectivity index (χ0) is 20.4. The maximum atomic E-state index is 4.71. The SMILES string of the molecule is CC(C)(C)c1ccc2c(c1)C(C)(C)c1cc(-c3cc4ccccc4cn3)[c-]cc1-2.[Ir]. The van der Waals surface area contributed by atoms with Crippen molar-refractivity contribution in [3.05, 3.63) is 89.6 Å². The van der Waals surface area contributed by atoms with Crippen LogP contribution in [0.5, 0.6) is 0 Å². The topological polar surface area (TPSA) is 12.9 Å². The summed E-state index contributed by atoms with van der Waals surface area (Å²) < 4.78 is 0. The first-order chi connectivity index (χ1) is 13.7. The average Bonchev–Trinajstić information content (AvgIpc) is 2.93. The van der Waals surface area contributed by atoms with Crippen molar-refractivity contribution in [2.24, 2.45) is 0 Å². The van der Waals surface area contributed by atoms with Gasteiger partial charge >= 0.3 is 0 Å². The molecule has 0 unspecified atom stereocenters. The first-order valence-electron chi connectivity index (χ1n) is 10.3. The van der Waals surface area contributed by atoms with E-state index in [0.29, 0.717) is 0 Å². The largest absolute Gasteiger partial charge is 0.304 e. The molecule has 0 bridgehead atoms. The van der Waals surface area contributed by atoms with Crippen LogP contribution < -0.4 is 0 Å². The molecule has 1 heterocycles. The summed E-state index contributed by atoms with van der Waals surface area (Å²) in [7, 11) is 0. The molecular formula is C28H26IrN-. The van der Waals surface area contributed by atoms with E-state index in [4.69, 9.17) is 4.98 Å². The zero-order valence-corrected chi connectivity index (χ0v) is 20.5. The molecule has 0 saturated carbocycles. The molecule has 0 atom stereocenters. The number of rotatable bonds is 1. The van der Waals surface area contributed by atoms with Gasteiger partial charge < -0.3 is 4.98 Å². The molecule has 0 aliphatic heterocycles. The summed E-state index contributed by atoms with van der Waals surface area (Å²) in [6.07, 6.45) is 1.96. The molecular weight excluding hydrogens is 543 g/mol. The van der Waals surface area contributed by atoms with Crippen LogP contribution in [0.1, 0.15) is 51.3 Å². The number of pyridine rings is 1. The molecule has 0 amide bonds. The number of hydrogen-bond acceptors (Lipinski definition) is 1. The van der Waals surface area contributed by atoms with Crippen molar-refractivity contribution >= 4 is 10.8 Å². The first kappa shape index (κ1) is 21.0. The van der Waals surface area contributed by atoms with Crippen molar-refractivity contribution in [1.82, 2.24) is 4.98 Å². The van der Waals surface area contributed by atoms with Crippen molar-refractivity contribution in [3.8, 4) is 22.4 Å². The first-order valence-corrected chi connectivity index (χ1v) is 10.3. The molecule has 2 heteroatoms. The minimum Gasteiger partial charge on any atom is -0.304 e. The van der Waals surface area contributed by atoms with E-state index in [0.717, 1.165) is 11.3 Å². The van der Waals surface area contributed by atoms with Gasteiger partial charge in [-0.1, -0.05) is 94.3 Å². The Morgan fingerprint density at radius 2 is 1.53 bits per heavy atom. The fraction of sp³-hybridized carbons (Fsp3) is 0.250. The van der Waals surface area contributed by atoms with Crippen molar-refractivity contribution < 1.29 is 20.1 Å². The Balaban J connectivity index is 0.00000218. The van der Waals surface area contributed by atoms with Crippen LogP contribution in [0.4, 0.5) is 0 Å². The van der Waals surface area contributed by atoms with E-state index in [1.165, 1.54) is 38.6 Å². The third-order valence-corrected chi connectivity index (χ3v) is 6.38. The molecule has 30 heavy (non-hydrogen) atoms. The van der Waals surface area contributed by atoms with Crippen LogP contribution >= 0.6 is 0 Å². The quantitative estimate of drug-likeness (QED) is 0.220. The summed E-state index contributed by atoms with van der Waals surface area (Å²) in [6.45, 7) is 11.5. The molecule has 1 nitrogen and oxygen atoms in total. The minimum atomic E-state index is -0.0351. The fourth-order valence-electron chi connectivity index (χ4n) is 4.52. The third kappa shape index (κ3) is 3.23. The predicted molar refractivity (Wildman–Crippen MR) is 122 cm³/mol. The molecule has 3 aromatic carbocycles. The Bertz CT molecular complexity index is 1260. The van der Waals surface area contributed by atoms with Crippen LogP contribution in [-0.4, -0.2) is 4.98 Å². The second-order valence-corrected chi connectivity index (χ2v) is 9.73. The van der Waals surface area contributed by atoms with E-state index in [-0.39, 0.29) is 30.9 Å². The number of hydrogen-bond donors (Lipinski definition) is 0. The second kappa shape index (κ2) is 7.15. The number of aromatic nitrogens is 1. The molecule has 153 valence electrons. The molecule has 1 aliphatic rings. The smallest absolute Gasteiger partial charge is 0.0239 e. The van der Waals surface area contributed by atoms with Gasteiger partial charge in [-0.05, 0) is 38.4 Å². The van der Waals surface area contributed by atoms with Gasteiger partial charge in [-0.2, -0.15) is 0 Å². The Morgan fingerprint density at radius 3 is 2.27 bits per heavy atom. The van der Waals surface area contributed by atoms with E-state index in [2.05, 4.69) is 101 Å². The summed E-state index contributed by atoms with van der Waals surface area (Å²) in [4.78, 5) is 4.71. The maximum absolute atomic E-state index is 4.71. The van der Waals surface area contributed by atoms with Crippen LogP contribution in [0.2, 0.25) is 0 Å². The molecule has 0 saturated heterocycles. The molecule has 0 fully saturated rings. The van der Waals surface area contributed by atoms with E-state index in [9.17, 15) is 0 Å². The number of benzene rings is 3. The summed E-state index contributed by atoms with van der Waals surface area (Å²) >= 11 is 0. The fourth-order valence-corrected chi connectivity index (χ4v) is 4.52. The van der Waals surface area contributed by atoms with Crippen molar-refractivity contribution in [1.29, 1.82) is 0 Å². The van der Waals surface area contributed by atoms with Gasteiger partial charge in [0.2, 0.25) is 0 Å². The zero-order valence-electron chi connectivity index (χ0n) is 18.1. The molecule has 0 spiro atoms. The Kier molecular flexibility index (Phi) is 5.00. The summed E-state index contributed by atoms with van der Waals surface area (Å²) in [5.41, 5.74) is 8.96. The predicted octanol–water partition coefficient (Wildman–Crippen LogP) is 7.30. The molecule has 1 aliphatic carbocycles. The van der Waals surface area contributed by atoms with Crippen LogP contribution in [0.15, 0.2) is 66.9 Å². The molecule has 0 N–H and O–H groups in total. The maximum Gasteiger partial charge on any atom is 0.0239 e. The van der Waals surface area contributed by atoms with Crippen molar-refractivity contribution in [2.45, 2.75) is 45.4 Å². The number of fused-ring (bicyclic) bond motifs is 4. The van der Waals surface area contributed by atoms with Crippen LogP contribution in [0.3, 0.4) is 0 Å². The van der Waals surface area contributed by atoms with Crippen molar-refractivity contribution in [3.63, 3.8) is 0 Å². The number of nitrogens with zero attached hydrogens (tertiary/aromatic N) is 1. The van der Waals surface area contributed by atoms with Crippen LogP contribution in [-0.2, 0) is 30.9 Å². The van der Waals surface area contributed by atoms with Gasteiger partial charge in [0, 0.05) is 26.3 Å². The monoisotopic (exact) mass is 569 g/mol. The van der Waals surface area contributed by atoms with E-state index in [1.54, 1.807) is 0 Å². The van der Waals surface area contributed by atoms with Gasteiger partial charge in [-0.3, -0.25) is 0 Å². The third-order valence-electron chi connectivity index (χ3n) is 6.38. The van der Waals surface area contributed by atoms with Crippen molar-refractivity contribution in [2.75, 3.05) is 0 Å².